The Kier molecular flexibility index (Phi) is 8.37. The highest BCUT2D eigenvalue weighted by Crippen LogP contribution is 2.22. The van der Waals surface area contributed by atoms with Crippen LogP contribution in [0.25, 0.3) is 10.9 Å². The molecule has 1 atom stereocenters. The van der Waals surface area contributed by atoms with Crippen LogP contribution in [0.5, 0.6) is 0 Å². The van der Waals surface area contributed by atoms with Crippen molar-refractivity contribution >= 4 is 28.6 Å². The fraction of sp³-hybridized carbons (Fsp3) is 0.423. The van der Waals surface area contributed by atoms with E-state index in [2.05, 4.69) is 4.90 Å². The van der Waals surface area contributed by atoms with Crippen molar-refractivity contribution in [1.82, 2.24) is 19.4 Å². The monoisotopic (exact) mass is 480 g/mol. The minimum absolute atomic E-state index is 0.00336. The summed E-state index contributed by atoms with van der Waals surface area (Å²) in [5, 5.41) is 1.21. The van der Waals surface area contributed by atoms with Crippen molar-refractivity contribution in [1.29, 1.82) is 0 Å². The molecular weight excluding hydrogens is 448 g/mol. The van der Waals surface area contributed by atoms with Gasteiger partial charge >= 0.3 is 0 Å². The van der Waals surface area contributed by atoms with Crippen molar-refractivity contribution in [3.63, 3.8) is 0 Å². The van der Waals surface area contributed by atoms with Gasteiger partial charge in [0.05, 0.1) is 35.9 Å². The number of hydrogen-bond acceptors (Lipinski definition) is 6. The van der Waals surface area contributed by atoms with Crippen LogP contribution in [-0.2, 0) is 16.1 Å². The van der Waals surface area contributed by atoms with Crippen molar-refractivity contribution in [2.45, 2.75) is 31.1 Å². The van der Waals surface area contributed by atoms with E-state index in [0.29, 0.717) is 22.6 Å². The molecule has 1 amide bonds. The second kappa shape index (κ2) is 11.6. The first kappa shape index (κ1) is 24.4. The Balaban J connectivity index is 1.48. The Morgan fingerprint density at radius 2 is 1.79 bits per heavy atom. The number of hydrogen-bond donors (Lipinski definition) is 0. The molecule has 0 spiro atoms. The largest absolute Gasteiger partial charge is 0.379 e. The topological polar surface area (TPSA) is 67.7 Å². The van der Waals surface area contributed by atoms with Crippen molar-refractivity contribution in [3.8, 4) is 0 Å². The predicted octanol–water partition coefficient (Wildman–Crippen LogP) is 3.43. The zero-order valence-electron chi connectivity index (χ0n) is 19.9. The van der Waals surface area contributed by atoms with Gasteiger partial charge in [0.1, 0.15) is 0 Å². The molecule has 2 heterocycles. The molecule has 1 aromatic heterocycles. The second-order valence-corrected chi connectivity index (χ2v) is 9.50. The molecule has 7 nitrogen and oxygen atoms in total. The van der Waals surface area contributed by atoms with Crippen LogP contribution in [0.2, 0.25) is 0 Å². The average Bonchev–Trinajstić information content (AvgIpc) is 2.89. The standard InChI is InChI=1S/C26H32N4O3S/c1-20(21-9-4-3-5-10-21)28(2)24(31)19-34-26-27-23-12-7-6-11-22(23)25(32)30(26)14-8-13-29-15-17-33-18-16-29/h3-7,9-12,20H,8,13-19H2,1-2H3. The lowest BCUT2D eigenvalue weighted by Gasteiger charge is -2.26. The molecule has 0 saturated carbocycles. The first-order valence-electron chi connectivity index (χ1n) is 11.8. The van der Waals surface area contributed by atoms with Gasteiger partial charge in [0, 0.05) is 33.2 Å². The lowest BCUT2D eigenvalue weighted by molar-refractivity contribution is -0.128. The zero-order valence-corrected chi connectivity index (χ0v) is 20.7. The SMILES string of the molecule is CC(c1ccccc1)N(C)C(=O)CSc1nc2ccccc2c(=O)n1CCCN1CCOCC1. The molecule has 0 aliphatic carbocycles. The molecule has 0 N–H and O–H groups in total. The number of carbonyl (C=O) groups excluding carboxylic acids is 1. The van der Waals surface area contributed by atoms with Crippen LogP contribution >= 0.6 is 11.8 Å². The Morgan fingerprint density at radius 3 is 2.56 bits per heavy atom. The maximum absolute atomic E-state index is 13.3. The summed E-state index contributed by atoms with van der Waals surface area (Å²) in [4.78, 5) is 35.1. The number of rotatable bonds is 9. The van der Waals surface area contributed by atoms with Gasteiger partial charge in [-0.2, -0.15) is 0 Å². The maximum Gasteiger partial charge on any atom is 0.262 e. The van der Waals surface area contributed by atoms with Gasteiger partial charge in [-0.1, -0.05) is 54.2 Å². The number of thioether (sulfide) groups is 1. The van der Waals surface area contributed by atoms with Crippen LogP contribution in [0, 0.1) is 0 Å². The molecule has 1 unspecified atom stereocenters. The van der Waals surface area contributed by atoms with Gasteiger partial charge in [0.2, 0.25) is 5.91 Å². The quantitative estimate of drug-likeness (QED) is 0.345. The summed E-state index contributed by atoms with van der Waals surface area (Å²) >= 11 is 1.34. The Morgan fingerprint density at radius 1 is 1.09 bits per heavy atom. The number of morpholine rings is 1. The van der Waals surface area contributed by atoms with E-state index < -0.39 is 0 Å². The minimum Gasteiger partial charge on any atom is -0.379 e. The second-order valence-electron chi connectivity index (χ2n) is 8.56. The lowest BCUT2D eigenvalue weighted by Crippen LogP contribution is -2.37. The molecule has 1 aliphatic rings. The summed E-state index contributed by atoms with van der Waals surface area (Å²) in [5.74, 6) is 0.227. The highest BCUT2D eigenvalue weighted by Gasteiger charge is 2.19. The van der Waals surface area contributed by atoms with E-state index in [9.17, 15) is 9.59 Å². The van der Waals surface area contributed by atoms with Crippen molar-refractivity contribution < 1.29 is 9.53 Å². The first-order chi connectivity index (χ1) is 16.5. The van der Waals surface area contributed by atoms with Crippen molar-refractivity contribution in [2.75, 3.05) is 45.6 Å². The van der Waals surface area contributed by atoms with Crippen LogP contribution in [0.1, 0.15) is 24.9 Å². The van der Waals surface area contributed by atoms with E-state index in [1.54, 1.807) is 9.47 Å². The molecule has 1 aliphatic heterocycles. The van der Waals surface area contributed by atoms with Crippen LogP contribution in [0.4, 0.5) is 0 Å². The van der Waals surface area contributed by atoms with Crippen molar-refractivity contribution in [3.05, 3.63) is 70.5 Å². The summed E-state index contributed by atoms with van der Waals surface area (Å²) in [6.45, 7) is 6.86. The minimum atomic E-state index is -0.0477. The number of aromatic nitrogens is 2. The number of amides is 1. The molecule has 1 fully saturated rings. The highest BCUT2D eigenvalue weighted by molar-refractivity contribution is 7.99. The molecule has 0 radical (unpaired) electrons. The normalized spacial score (nSPS) is 15.4. The zero-order chi connectivity index (χ0) is 23.9. The van der Waals surface area contributed by atoms with Gasteiger partial charge in [-0.3, -0.25) is 19.1 Å². The van der Waals surface area contributed by atoms with Crippen LogP contribution < -0.4 is 5.56 Å². The fourth-order valence-electron chi connectivity index (χ4n) is 4.13. The Hall–Kier alpha value is -2.68. The number of carbonyl (C=O) groups is 1. The Labute approximate surface area is 204 Å². The third-order valence-electron chi connectivity index (χ3n) is 6.37. The van der Waals surface area contributed by atoms with Gasteiger partial charge < -0.3 is 9.64 Å². The van der Waals surface area contributed by atoms with E-state index in [4.69, 9.17) is 9.72 Å². The Bertz CT molecular complexity index is 1160. The van der Waals surface area contributed by atoms with Crippen LogP contribution in [-0.4, -0.2) is 70.9 Å². The number of para-hydroxylation sites is 1. The summed E-state index contributed by atoms with van der Waals surface area (Å²) in [6, 6.07) is 17.4. The number of fused-ring (bicyclic) bond motifs is 1. The van der Waals surface area contributed by atoms with E-state index in [1.165, 1.54) is 11.8 Å². The summed E-state index contributed by atoms with van der Waals surface area (Å²) in [6.07, 6.45) is 0.840. The molecule has 0 bridgehead atoms. The predicted molar refractivity (Wildman–Crippen MR) is 136 cm³/mol. The number of benzene rings is 2. The molecule has 3 aromatic rings. The van der Waals surface area contributed by atoms with Gasteiger partial charge in [-0.25, -0.2) is 4.98 Å². The van der Waals surface area contributed by atoms with Crippen LogP contribution in [0.3, 0.4) is 0 Å². The smallest absolute Gasteiger partial charge is 0.262 e. The molecular formula is C26H32N4O3S. The van der Waals surface area contributed by atoms with Gasteiger partial charge in [-0.05, 0) is 31.0 Å². The van der Waals surface area contributed by atoms with Gasteiger partial charge in [-0.15, -0.1) is 0 Å². The van der Waals surface area contributed by atoms with Crippen molar-refractivity contribution in [2.24, 2.45) is 0 Å². The molecule has 1 saturated heterocycles. The fourth-order valence-corrected chi connectivity index (χ4v) is 5.08. The average molecular weight is 481 g/mol. The molecule has 34 heavy (non-hydrogen) atoms. The number of nitrogens with zero attached hydrogens (tertiary/aromatic N) is 4. The number of ether oxygens (including phenoxy) is 1. The van der Waals surface area contributed by atoms with E-state index in [-0.39, 0.29) is 23.3 Å². The molecule has 180 valence electrons. The van der Waals surface area contributed by atoms with Gasteiger partial charge in [0.25, 0.3) is 5.56 Å². The molecule has 8 heteroatoms. The summed E-state index contributed by atoms with van der Waals surface area (Å²) in [7, 11) is 1.82. The third-order valence-corrected chi connectivity index (χ3v) is 7.33. The first-order valence-corrected chi connectivity index (χ1v) is 12.8. The third kappa shape index (κ3) is 5.87. The van der Waals surface area contributed by atoms with Crippen LogP contribution in [0.15, 0.2) is 64.5 Å². The van der Waals surface area contributed by atoms with E-state index in [0.717, 1.165) is 44.8 Å². The van der Waals surface area contributed by atoms with E-state index in [1.807, 2.05) is 68.6 Å². The molecule has 4 rings (SSSR count). The van der Waals surface area contributed by atoms with Gasteiger partial charge in [0.15, 0.2) is 5.16 Å². The summed E-state index contributed by atoms with van der Waals surface area (Å²) < 4.78 is 7.16. The maximum atomic E-state index is 13.3. The molecule has 2 aromatic carbocycles. The highest BCUT2D eigenvalue weighted by atomic mass is 32.2. The lowest BCUT2D eigenvalue weighted by atomic mass is 10.1. The van der Waals surface area contributed by atoms with E-state index >= 15 is 0 Å². The summed E-state index contributed by atoms with van der Waals surface area (Å²) in [5.41, 5.74) is 1.71.